The number of ether oxygens (including phenoxy) is 1. The Morgan fingerprint density at radius 2 is 2.06 bits per heavy atom. The van der Waals surface area contributed by atoms with Crippen molar-refractivity contribution in [3.05, 3.63) is 0 Å². The van der Waals surface area contributed by atoms with Crippen molar-refractivity contribution in [2.24, 2.45) is 0 Å². The van der Waals surface area contributed by atoms with E-state index in [9.17, 15) is 0 Å². The maximum atomic E-state index is 8.88. The first-order valence-corrected chi connectivity index (χ1v) is 8.19. The van der Waals surface area contributed by atoms with E-state index in [1.165, 1.54) is 44.9 Å². The van der Waals surface area contributed by atoms with Gasteiger partial charge in [-0.1, -0.05) is 26.2 Å². The summed E-state index contributed by atoms with van der Waals surface area (Å²) in [4.78, 5) is 0. The zero-order chi connectivity index (χ0) is 12.1. The van der Waals surface area contributed by atoms with Crippen LogP contribution in [0.25, 0.3) is 0 Å². The van der Waals surface area contributed by atoms with E-state index in [0.29, 0.717) is 18.0 Å². The van der Waals surface area contributed by atoms with Crippen LogP contribution in [-0.2, 0) is 4.74 Å². The SMILES string of the molecule is CC(CCO)SCC1CCC2(CCCCC2)O1. The highest BCUT2D eigenvalue weighted by atomic mass is 32.2. The van der Waals surface area contributed by atoms with Crippen molar-refractivity contribution >= 4 is 11.8 Å². The van der Waals surface area contributed by atoms with Crippen LogP contribution in [0.4, 0.5) is 0 Å². The second-order valence-corrected chi connectivity index (χ2v) is 7.15. The maximum Gasteiger partial charge on any atom is 0.0687 e. The van der Waals surface area contributed by atoms with Crippen LogP contribution in [-0.4, -0.2) is 34.4 Å². The molecular formula is C14H26O2S. The van der Waals surface area contributed by atoms with Gasteiger partial charge in [0.15, 0.2) is 0 Å². The van der Waals surface area contributed by atoms with E-state index in [4.69, 9.17) is 9.84 Å². The zero-order valence-corrected chi connectivity index (χ0v) is 11.8. The summed E-state index contributed by atoms with van der Waals surface area (Å²) in [6.07, 6.45) is 10.6. The summed E-state index contributed by atoms with van der Waals surface area (Å²) in [7, 11) is 0. The van der Waals surface area contributed by atoms with Gasteiger partial charge in [-0.25, -0.2) is 0 Å². The third-order valence-electron chi connectivity index (χ3n) is 4.21. The van der Waals surface area contributed by atoms with Crippen LogP contribution in [0.15, 0.2) is 0 Å². The van der Waals surface area contributed by atoms with Crippen molar-refractivity contribution in [1.82, 2.24) is 0 Å². The summed E-state index contributed by atoms with van der Waals surface area (Å²) in [5.41, 5.74) is 0.268. The second kappa shape index (κ2) is 6.44. The smallest absolute Gasteiger partial charge is 0.0687 e. The summed E-state index contributed by atoms with van der Waals surface area (Å²) in [6.45, 7) is 2.51. The topological polar surface area (TPSA) is 29.5 Å². The minimum Gasteiger partial charge on any atom is -0.396 e. The molecule has 3 heteroatoms. The van der Waals surface area contributed by atoms with E-state index in [1.54, 1.807) is 0 Å². The Hall–Kier alpha value is 0.270. The van der Waals surface area contributed by atoms with Crippen LogP contribution in [0.3, 0.4) is 0 Å². The lowest BCUT2D eigenvalue weighted by molar-refractivity contribution is -0.0555. The molecule has 1 aliphatic heterocycles. The maximum absolute atomic E-state index is 8.88. The fraction of sp³-hybridized carbons (Fsp3) is 1.00. The Morgan fingerprint density at radius 3 is 2.76 bits per heavy atom. The highest BCUT2D eigenvalue weighted by Crippen LogP contribution is 2.42. The molecule has 1 spiro atoms. The van der Waals surface area contributed by atoms with Crippen LogP contribution in [0, 0.1) is 0 Å². The van der Waals surface area contributed by atoms with Gasteiger partial charge < -0.3 is 9.84 Å². The largest absolute Gasteiger partial charge is 0.396 e. The number of rotatable bonds is 5. The van der Waals surface area contributed by atoms with Crippen molar-refractivity contribution in [3.63, 3.8) is 0 Å². The summed E-state index contributed by atoms with van der Waals surface area (Å²) in [6, 6.07) is 0. The zero-order valence-electron chi connectivity index (χ0n) is 11.0. The highest BCUT2D eigenvalue weighted by Gasteiger charge is 2.40. The Kier molecular flexibility index (Phi) is 5.19. The van der Waals surface area contributed by atoms with Gasteiger partial charge in [0.1, 0.15) is 0 Å². The van der Waals surface area contributed by atoms with Crippen molar-refractivity contribution in [2.45, 2.75) is 75.2 Å². The van der Waals surface area contributed by atoms with Gasteiger partial charge in [0.25, 0.3) is 0 Å². The van der Waals surface area contributed by atoms with Gasteiger partial charge in [-0.15, -0.1) is 0 Å². The van der Waals surface area contributed by atoms with Gasteiger partial charge in [0, 0.05) is 17.6 Å². The van der Waals surface area contributed by atoms with Gasteiger partial charge in [0.2, 0.25) is 0 Å². The molecule has 1 N–H and O–H groups in total. The van der Waals surface area contributed by atoms with E-state index in [1.807, 2.05) is 11.8 Å². The first kappa shape index (κ1) is 13.7. The van der Waals surface area contributed by atoms with Crippen molar-refractivity contribution < 1.29 is 9.84 Å². The second-order valence-electron chi connectivity index (χ2n) is 5.68. The van der Waals surface area contributed by atoms with E-state index >= 15 is 0 Å². The standard InChI is InChI=1S/C14H26O2S/c1-12(6-10-15)17-11-13-5-9-14(16-13)7-3-2-4-8-14/h12-13,15H,2-11H2,1H3. The minimum absolute atomic E-state index is 0.268. The highest BCUT2D eigenvalue weighted by molar-refractivity contribution is 7.99. The predicted octanol–water partition coefficient (Wildman–Crippen LogP) is 3.37. The van der Waals surface area contributed by atoms with Gasteiger partial charge in [-0.2, -0.15) is 11.8 Å². The van der Waals surface area contributed by atoms with Crippen LogP contribution in [0.5, 0.6) is 0 Å². The van der Waals surface area contributed by atoms with E-state index in [0.717, 1.165) is 12.2 Å². The monoisotopic (exact) mass is 258 g/mol. The Morgan fingerprint density at radius 1 is 1.29 bits per heavy atom. The summed E-state index contributed by atoms with van der Waals surface area (Å²) in [5, 5.41) is 9.44. The minimum atomic E-state index is 0.268. The fourth-order valence-corrected chi connectivity index (χ4v) is 4.16. The molecule has 0 aromatic carbocycles. The van der Waals surface area contributed by atoms with Gasteiger partial charge >= 0.3 is 0 Å². The van der Waals surface area contributed by atoms with Crippen LogP contribution in [0.2, 0.25) is 0 Å². The molecule has 0 radical (unpaired) electrons. The number of hydrogen-bond acceptors (Lipinski definition) is 3. The predicted molar refractivity (Wildman–Crippen MR) is 73.5 cm³/mol. The third kappa shape index (κ3) is 3.87. The molecule has 0 aromatic rings. The molecule has 1 aliphatic carbocycles. The summed E-state index contributed by atoms with van der Waals surface area (Å²) in [5.74, 6) is 1.11. The normalized spacial score (nSPS) is 29.6. The Labute approximate surface area is 110 Å². The van der Waals surface area contributed by atoms with Gasteiger partial charge in [0.05, 0.1) is 11.7 Å². The number of aliphatic hydroxyl groups excluding tert-OH is 1. The molecule has 0 bridgehead atoms. The molecule has 2 unspecified atom stereocenters. The van der Waals surface area contributed by atoms with E-state index in [-0.39, 0.29) is 5.60 Å². The Balaban J connectivity index is 1.70. The van der Waals surface area contributed by atoms with Gasteiger partial charge in [-0.05, 0) is 32.1 Å². The number of thioether (sulfide) groups is 1. The lowest BCUT2D eigenvalue weighted by atomic mass is 9.83. The molecule has 17 heavy (non-hydrogen) atoms. The Bertz CT molecular complexity index is 226. The molecule has 0 aromatic heterocycles. The fourth-order valence-electron chi connectivity index (χ4n) is 3.11. The molecule has 2 atom stereocenters. The summed E-state index contributed by atoms with van der Waals surface area (Å²) >= 11 is 1.96. The molecule has 2 aliphatic rings. The van der Waals surface area contributed by atoms with E-state index < -0.39 is 0 Å². The molecule has 0 amide bonds. The van der Waals surface area contributed by atoms with Crippen molar-refractivity contribution in [2.75, 3.05) is 12.4 Å². The van der Waals surface area contributed by atoms with Crippen molar-refractivity contribution in [3.8, 4) is 0 Å². The average Bonchev–Trinajstić information content (AvgIpc) is 2.71. The molecule has 1 saturated heterocycles. The molecule has 2 rings (SSSR count). The molecule has 1 heterocycles. The summed E-state index contributed by atoms with van der Waals surface area (Å²) < 4.78 is 6.34. The lowest BCUT2D eigenvalue weighted by Gasteiger charge is -2.33. The van der Waals surface area contributed by atoms with E-state index in [2.05, 4.69) is 6.92 Å². The molecule has 100 valence electrons. The van der Waals surface area contributed by atoms with Crippen molar-refractivity contribution in [1.29, 1.82) is 0 Å². The number of aliphatic hydroxyl groups is 1. The quantitative estimate of drug-likeness (QED) is 0.820. The first-order valence-electron chi connectivity index (χ1n) is 7.14. The molecule has 1 saturated carbocycles. The molecule has 2 fully saturated rings. The molecular weight excluding hydrogens is 232 g/mol. The lowest BCUT2D eigenvalue weighted by Crippen LogP contribution is -2.32. The number of hydrogen-bond donors (Lipinski definition) is 1. The first-order chi connectivity index (χ1) is 8.24. The van der Waals surface area contributed by atoms with Gasteiger partial charge in [-0.3, -0.25) is 0 Å². The van der Waals surface area contributed by atoms with Crippen LogP contribution >= 0.6 is 11.8 Å². The van der Waals surface area contributed by atoms with Crippen LogP contribution in [0.1, 0.15) is 58.3 Å². The van der Waals surface area contributed by atoms with Crippen LogP contribution < -0.4 is 0 Å². The third-order valence-corrected chi connectivity index (χ3v) is 5.57. The average molecular weight is 258 g/mol. The molecule has 2 nitrogen and oxygen atoms in total.